The quantitative estimate of drug-likeness (QED) is 0.715. The van der Waals surface area contributed by atoms with Gasteiger partial charge in [0.15, 0.2) is 0 Å². The van der Waals surface area contributed by atoms with Crippen molar-refractivity contribution in [1.82, 2.24) is 14.5 Å². The van der Waals surface area contributed by atoms with E-state index < -0.39 is 0 Å². The van der Waals surface area contributed by atoms with Crippen molar-refractivity contribution in [3.8, 4) is 0 Å². The predicted molar refractivity (Wildman–Crippen MR) is 103 cm³/mol. The maximum atomic E-state index is 12.8. The second-order valence-electron chi connectivity index (χ2n) is 7.54. The molecule has 5 nitrogen and oxygen atoms in total. The molecule has 0 radical (unpaired) electrons. The summed E-state index contributed by atoms with van der Waals surface area (Å²) >= 11 is 1.36. The third kappa shape index (κ3) is 2.94. The van der Waals surface area contributed by atoms with E-state index in [1.165, 1.54) is 27.8 Å². The van der Waals surface area contributed by atoms with Crippen LogP contribution in [0, 0.1) is 5.41 Å². The van der Waals surface area contributed by atoms with Crippen LogP contribution in [0.15, 0.2) is 52.9 Å². The van der Waals surface area contributed by atoms with E-state index >= 15 is 0 Å². The number of rotatable bonds is 3. The molecule has 1 saturated heterocycles. The lowest BCUT2D eigenvalue weighted by Gasteiger charge is -2.25. The van der Waals surface area contributed by atoms with Gasteiger partial charge in [0, 0.05) is 19.0 Å². The molecule has 1 aromatic carbocycles. The lowest BCUT2D eigenvalue weighted by atomic mass is 9.78. The summed E-state index contributed by atoms with van der Waals surface area (Å²) in [5, 5.41) is 1.85. The smallest absolute Gasteiger partial charge is 0.271 e. The molecule has 1 fully saturated rings. The van der Waals surface area contributed by atoms with Gasteiger partial charge in [-0.15, -0.1) is 11.3 Å². The highest BCUT2D eigenvalue weighted by atomic mass is 32.1. The first-order valence-corrected chi connectivity index (χ1v) is 9.59. The van der Waals surface area contributed by atoms with Gasteiger partial charge in [-0.05, 0) is 22.4 Å². The second-order valence-corrected chi connectivity index (χ2v) is 8.45. The Balaban J connectivity index is 1.55. The monoisotopic (exact) mass is 367 g/mol. The molecule has 0 spiro atoms. The summed E-state index contributed by atoms with van der Waals surface area (Å²) in [6.45, 7) is 5.80. The Morgan fingerprint density at radius 3 is 2.81 bits per heavy atom. The molecule has 26 heavy (non-hydrogen) atoms. The van der Waals surface area contributed by atoms with Gasteiger partial charge in [-0.25, -0.2) is 4.98 Å². The summed E-state index contributed by atoms with van der Waals surface area (Å²) in [6, 6.07) is 12.2. The molecule has 0 saturated carbocycles. The van der Waals surface area contributed by atoms with Gasteiger partial charge >= 0.3 is 0 Å². The zero-order chi connectivity index (χ0) is 18.3. The largest absolute Gasteiger partial charge is 0.340 e. The van der Waals surface area contributed by atoms with Gasteiger partial charge in [-0.3, -0.25) is 14.2 Å². The van der Waals surface area contributed by atoms with Gasteiger partial charge in [0.2, 0.25) is 5.91 Å². The van der Waals surface area contributed by atoms with Crippen LogP contribution in [0.1, 0.15) is 25.3 Å². The minimum Gasteiger partial charge on any atom is -0.340 e. The van der Waals surface area contributed by atoms with Crippen molar-refractivity contribution < 1.29 is 4.79 Å². The number of carbonyl (C=O) groups is 1. The van der Waals surface area contributed by atoms with Gasteiger partial charge < -0.3 is 4.90 Å². The third-order valence-corrected chi connectivity index (χ3v) is 6.13. The fourth-order valence-corrected chi connectivity index (χ4v) is 4.60. The number of hydrogen-bond donors (Lipinski definition) is 0. The number of amides is 1. The molecule has 4 rings (SSSR count). The molecule has 6 heteroatoms. The average Bonchev–Trinajstić information content (AvgIpc) is 3.22. The van der Waals surface area contributed by atoms with E-state index in [4.69, 9.17) is 0 Å². The molecule has 3 aromatic rings. The van der Waals surface area contributed by atoms with Gasteiger partial charge in [0.05, 0.1) is 11.8 Å². The fraction of sp³-hybridized carbons (Fsp3) is 0.350. The molecule has 1 aliphatic heterocycles. The number of hydrogen-bond acceptors (Lipinski definition) is 4. The van der Waals surface area contributed by atoms with Crippen molar-refractivity contribution >= 4 is 27.5 Å². The Bertz CT molecular complexity index is 1010. The maximum absolute atomic E-state index is 12.8. The zero-order valence-electron chi connectivity index (χ0n) is 14.9. The van der Waals surface area contributed by atoms with E-state index in [-0.39, 0.29) is 23.4 Å². The van der Waals surface area contributed by atoms with Crippen molar-refractivity contribution in [3.05, 3.63) is 64.0 Å². The van der Waals surface area contributed by atoms with E-state index in [0.29, 0.717) is 29.2 Å². The predicted octanol–water partition coefficient (Wildman–Crippen LogP) is 3.11. The molecule has 0 bridgehead atoms. The van der Waals surface area contributed by atoms with Gasteiger partial charge in [-0.2, -0.15) is 0 Å². The molecule has 0 aliphatic carbocycles. The van der Waals surface area contributed by atoms with Crippen molar-refractivity contribution in [2.75, 3.05) is 13.1 Å². The normalized spacial score (nSPS) is 19.2. The van der Waals surface area contributed by atoms with Crippen LogP contribution in [-0.4, -0.2) is 33.4 Å². The zero-order valence-corrected chi connectivity index (χ0v) is 15.7. The Labute approximate surface area is 155 Å². The van der Waals surface area contributed by atoms with E-state index in [1.807, 2.05) is 34.5 Å². The minimum absolute atomic E-state index is 0.00205. The Hall–Kier alpha value is -2.47. The van der Waals surface area contributed by atoms with E-state index in [2.05, 4.69) is 31.0 Å². The minimum atomic E-state index is -0.142. The molecule has 0 unspecified atom stereocenters. The summed E-state index contributed by atoms with van der Waals surface area (Å²) in [4.78, 5) is 31.5. The van der Waals surface area contributed by atoms with Crippen molar-refractivity contribution in [1.29, 1.82) is 0 Å². The molecular formula is C20H21N3O2S. The molecular weight excluding hydrogens is 346 g/mol. The molecule has 1 atom stereocenters. The third-order valence-electron chi connectivity index (χ3n) is 5.24. The second kappa shape index (κ2) is 6.36. The first-order valence-electron chi connectivity index (χ1n) is 8.71. The Morgan fingerprint density at radius 1 is 1.27 bits per heavy atom. The van der Waals surface area contributed by atoms with E-state index in [9.17, 15) is 9.59 Å². The number of benzene rings is 1. The summed E-state index contributed by atoms with van der Waals surface area (Å²) in [5.74, 6) is 0.263. The standard InChI is InChI=1S/C20H21N3O2S/c1-20(2)12-22(10-15(20)14-6-4-3-5-7-14)17(24)11-23-13-21-16-8-9-26-18(16)19(23)25/h3-9,13,15H,10-12H2,1-2H3/t15-/m0/s1. The Kier molecular flexibility index (Phi) is 4.15. The highest BCUT2D eigenvalue weighted by molar-refractivity contribution is 7.17. The first-order chi connectivity index (χ1) is 12.5. The number of thiophene rings is 1. The van der Waals surface area contributed by atoms with Crippen LogP contribution in [0.2, 0.25) is 0 Å². The highest BCUT2D eigenvalue weighted by Crippen LogP contribution is 2.42. The van der Waals surface area contributed by atoms with E-state index in [1.54, 1.807) is 0 Å². The maximum Gasteiger partial charge on any atom is 0.271 e. The van der Waals surface area contributed by atoms with Crippen molar-refractivity contribution in [2.45, 2.75) is 26.3 Å². The van der Waals surface area contributed by atoms with Crippen LogP contribution in [-0.2, 0) is 11.3 Å². The molecule has 2 aromatic heterocycles. The van der Waals surface area contributed by atoms with E-state index in [0.717, 1.165) is 0 Å². The SMILES string of the molecule is CC1(C)CN(C(=O)Cn2cnc3ccsc3c2=O)C[C@H]1c1ccccc1. The van der Waals surface area contributed by atoms with Crippen molar-refractivity contribution in [2.24, 2.45) is 5.41 Å². The van der Waals surface area contributed by atoms with Gasteiger partial charge in [-0.1, -0.05) is 44.2 Å². The van der Waals surface area contributed by atoms with Gasteiger partial charge in [0.25, 0.3) is 5.56 Å². The lowest BCUT2D eigenvalue weighted by molar-refractivity contribution is -0.131. The fourth-order valence-electron chi connectivity index (χ4n) is 3.80. The van der Waals surface area contributed by atoms with Crippen LogP contribution < -0.4 is 5.56 Å². The first kappa shape index (κ1) is 17.0. The van der Waals surface area contributed by atoms with Crippen LogP contribution in [0.3, 0.4) is 0 Å². The van der Waals surface area contributed by atoms with Crippen LogP contribution in [0.5, 0.6) is 0 Å². The number of likely N-dealkylation sites (tertiary alicyclic amines) is 1. The van der Waals surface area contributed by atoms with Crippen molar-refractivity contribution in [3.63, 3.8) is 0 Å². The van der Waals surface area contributed by atoms with Crippen LogP contribution in [0.25, 0.3) is 10.2 Å². The molecule has 0 N–H and O–H groups in total. The molecule has 1 aliphatic rings. The van der Waals surface area contributed by atoms with Crippen LogP contribution >= 0.6 is 11.3 Å². The summed E-state index contributed by atoms with van der Waals surface area (Å²) in [7, 11) is 0. The number of carbonyl (C=O) groups excluding carboxylic acids is 1. The highest BCUT2D eigenvalue weighted by Gasteiger charge is 2.41. The number of nitrogens with zero attached hydrogens (tertiary/aromatic N) is 3. The summed E-state index contributed by atoms with van der Waals surface area (Å²) in [5.41, 5.74) is 1.80. The number of fused-ring (bicyclic) bond motifs is 1. The number of aromatic nitrogens is 2. The summed E-state index contributed by atoms with van der Waals surface area (Å²) < 4.78 is 2.02. The van der Waals surface area contributed by atoms with Gasteiger partial charge in [0.1, 0.15) is 11.2 Å². The molecule has 134 valence electrons. The molecule has 3 heterocycles. The summed E-state index contributed by atoms with van der Waals surface area (Å²) in [6.07, 6.45) is 1.48. The lowest BCUT2D eigenvalue weighted by Crippen LogP contribution is -2.35. The topological polar surface area (TPSA) is 55.2 Å². The Morgan fingerprint density at radius 2 is 2.04 bits per heavy atom. The van der Waals surface area contributed by atoms with Crippen LogP contribution in [0.4, 0.5) is 0 Å². The molecule has 1 amide bonds. The average molecular weight is 367 g/mol.